The van der Waals surface area contributed by atoms with E-state index in [1.165, 1.54) is 5.57 Å². The number of nitrogens with zero attached hydrogens (tertiary/aromatic N) is 2. The number of carbonyl (C=O) groups is 4. The molecule has 0 radical (unpaired) electrons. The van der Waals surface area contributed by atoms with Crippen LogP contribution in [0.15, 0.2) is 23.8 Å². The van der Waals surface area contributed by atoms with Crippen molar-refractivity contribution in [1.29, 1.82) is 0 Å². The molecule has 2 saturated heterocycles. The first-order valence-electron chi connectivity index (χ1n) is 18.8. The Labute approximate surface area is 313 Å². The molecule has 12 heteroatoms. The van der Waals surface area contributed by atoms with Gasteiger partial charge in [-0.1, -0.05) is 44.3 Å². The van der Waals surface area contributed by atoms with Gasteiger partial charge in [-0.05, 0) is 119 Å². The first-order valence-corrected chi connectivity index (χ1v) is 23.3. The summed E-state index contributed by atoms with van der Waals surface area (Å²) in [5, 5.41) is 9.95. The molecule has 2 amide bonds. The molecule has 0 bridgehead atoms. The highest BCUT2D eigenvalue weighted by Gasteiger charge is 2.54. The van der Waals surface area contributed by atoms with Crippen molar-refractivity contribution in [2.75, 3.05) is 26.2 Å². The minimum absolute atomic E-state index is 0.0693. The number of halogens is 1. The van der Waals surface area contributed by atoms with Gasteiger partial charge in [-0.25, -0.2) is 9.59 Å². The summed E-state index contributed by atoms with van der Waals surface area (Å²) in [6, 6.07) is 0. The third-order valence-electron chi connectivity index (χ3n) is 9.60. The second kappa shape index (κ2) is 18.5. The molecule has 0 aromatic rings. The van der Waals surface area contributed by atoms with Gasteiger partial charge in [-0.2, -0.15) is 11.1 Å². The van der Waals surface area contributed by atoms with Crippen LogP contribution in [0.25, 0.3) is 0 Å². The Bertz CT molecular complexity index is 1240. The summed E-state index contributed by atoms with van der Waals surface area (Å²) in [5.41, 5.74) is -0.845. The fraction of sp³-hybridized carbons (Fsp3) is 0.795. The molecule has 2 aliphatic heterocycles. The van der Waals surface area contributed by atoms with E-state index in [1.807, 2.05) is 41.5 Å². The molecule has 2 unspecified atom stereocenters. The largest absolute Gasteiger partial charge is 0.481 e. The van der Waals surface area contributed by atoms with Gasteiger partial charge in [-0.3, -0.25) is 9.59 Å². The summed E-state index contributed by atoms with van der Waals surface area (Å²) in [5.74, 6) is -0.968. The maximum absolute atomic E-state index is 12.3. The van der Waals surface area contributed by atoms with Gasteiger partial charge in [0.1, 0.15) is 24.7 Å². The van der Waals surface area contributed by atoms with Gasteiger partial charge in [0.2, 0.25) is 0 Å². The van der Waals surface area contributed by atoms with Gasteiger partial charge < -0.3 is 29.1 Å². The molecule has 2 aliphatic carbocycles. The fourth-order valence-corrected chi connectivity index (χ4v) is 6.87. The lowest BCUT2D eigenvalue weighted by Gasteiger charge is -2.49. The smallest absolute Gasteiger partial charge is 0.410 e. The number of carboxylic acids is 1. The molecule has 0 spiro atoms. The Morgan fingerprint density at radius 1 is 0.843 bits per heavy atom. The number of carboxylic acid groups (broad SMARTS) is 1. The van der Waals surface area contributed by atoms with Crippen molar-refractivity contribution >= 4 is 42.6 Å². The highest BCUT2D eigenvalue weighted by atomic mass is 35.6. The molecule has 4 aliphatic rings. The van der Waals surface area contributed by atoms with Gasteiger partial charge in [0.15, 0.2) is 0 Å². The van der Waals surface area contributed by atoms with Gasteiger partial charge in [0.05, 0.1) is 11.3 Å². The fourth-order valence-electron chi connectivity index (χ4n) is 6.87. The van der Waals surface area contributed by atoms with Crippen LogP contribution >= 0.6 is 11.1 Å². The topological polar surface area (TPSA) is 123 Å². The van der Waals surface area contributed by atoms with Crippen LogP contribution in [0.1, 0.15) is 120 Å². The maximum atomic E-state index is 12.3. The zero-order valence-electron chi connectivity index (χ0n) is 33.4. The molecule has 51 heavy (non-hydrogen) atoms. The van der Waals surface area contributed by atoms with Crippen molar-refractivity contribution in [3.63, 3.8) is 0 Å². The van der Waals surface area contributed by atoms with Crippen molar-refractivity contribution in [3.05, 3.63) is 23.8 Å². The monoisotopic (exact) mass is 754 g/mol. The number of rotatable bonds is 4. The summed E-state index contributed by atoms with van der Waals surface area (Å²) in [4.78, 5) is 51.9. The van der Waals surface area contributed by atoms with E-state index in [0.29, 0.717) is 51.9 Å². The van der Waals surface area contributed by atoms with E-state index >= 15 is 0 Å². The Hall–Kier alpha value is -2.53. The summed E-state index contributed by atoms with van der Waals surface area (Å²) < 4.78 is 16.4. The SMILES string of the molecule is CC(C)(C)OC(=O)N1CCC(C(=O)O)(C2(C)C=CCCC2)CC1.CC1=CC(OC(=O)C2CCN(C(=O)OC(C)(C)C)CC2)CCC1.C[Si](C)(C)Cl. The van der Waals surface area contributed by atoms with Crippen LogP contribution in [-0.4, -0.2) is 89.9 Å². The van der Waals surface area contributed by atoms with Crippen LogP contribution in [0, 0.1) is 16.7 Å². The van der Waals surface area contributed by atoms with Crippen LogP contribution in [-0.2, 0) is 23.8 Å². The van der Waals surface area contributed by atoms with E-state index in [1.54, 1.807) is 9.80 Å². The lowest BCUT2D eigenvalue weighted by molar-refractivity contribution is -0.161. The zero-order valence-corrected chi connectivity index (χ0v) is 35.1. The number of allylic oxidation sites excluding steroid dienone is 3. The van der Waals surface area contributed by atoms with Crippen molar-refractivity contribution < 1.29 is 38.5 Å². The van der Waals surface area contributed by atoms with Gasteiger partial charge in [0.25, 0.3) is 0 Å². The molecule has 2 fully saturated rings. The first-order chi connectivity index (χ1) is 23.3. The average molecular weight is 756 g/mol. The molecule has 2 heterocycles. The highest BCUT2D eigenvalue weighted by molar-refractivity contribution is 7.18. The van der Waals surface area contributed by atoms with Crippen molar-refractivity contribution in [2.24, 2.45) is 16.7 Å². The van der Waals surface area contributed by atoms with Crippen molar-refractivity contribution in [2.45, 2.75) is 157 Å². The number of piperidine rings is 2. The second-order valence-corrected chi connectivity index (χ2v) is 25.3. The number of likely N-dealkylation sites (tertiary alicyclic amines) is 2. The number of esters is 1. The molecule has 292 valence electrons. The van der Waals surface area contributed by atoms with E-state index in [4.69, 9.17) is 25.3 Å². The minimum Gasteiger partial charge on any atom is -0.481 e. The van der Waals surface area contributed by atoms with Crippen LogP contribution in [0.3, 0.4) is 0 Å². The summed E-state index contributed by atoms with van der Waals surface area (Å²) in [6.45, 7) is 23.5. The summed E-state index contributed by atoms with van der Waals surface area (Å²) in [7, 11) is -1.14. The quantitative estimate of drug-likeness (QED) is 0.0990. The van der Waals surface area contributed by atoms with E-state index in [-0.39, 0.29) is 35.6 Å². The number of amides is 2. The molecule has 0 saturated carbocycles. The number of carbonyl (C=O) groups excluding carboxylic acids is 3. The maximum Gasteiger partial charge on any atom is 0.410 e. The van der Waals surface area contributed by atoms with Crippen molar-refractivity contribution in [3.8, 4) is 0 Å². The molecular weight excluding hydrogens is 688 g/mol. The predicted molar refractivity (Wildman–Crippen MR) is 205 cm³/mol. The van der Waals surface area contributed by atoms with Gasteiger partial charge >= 0.3 is 24.1 Å². The zero-order chi connectivity index (χ0) is 38.8. The Morgan fingerprint density at radius 2 is 1.33 bits per heavy atom. The molecule has 0 aromatic heterocycles. The molecule has 2 atom stereocenters. The summed E-state index contributed by atoms with van der Waals surface area (Å²) >= 11 is 5.67. The van der Waals surface area contributed by atoms with Gasteiger partial charge in [0, 0.05) is 31.6 Å². The number of hydrogen-bond acceptors (Lipinski definition) is 7. The first kappa shape index (κ1) is 44.6. The summed E-state index contributed by atoms with van der Waals surface area (Å²) in [6.07, 6.45) is 13.8. The second-order valence-electron chi connectivity index (χ2n) is 17.8. The third kappa shape index (κ3) is 15.2. The standard InChI is InChI=1S/2C18H29NO4.C3H9ClSi/c1-13-6-5-7-15(12-13)22-16(20)14-8-10-19(11-9-14)17(21)23-18(2,3)4;1-16(2,3)23-15(22)19-12-10-18(11-13-19,14(20)21)17(4)8-6-5-7-9-17;1-5(2,3)4/h12,14-15H,5-11H2,1-4H3;6,8H,5,7,9-13H2,1-4H3,(H,20,21);1-3H3. The van der Waals surface area contributed by atoms with Crippen LogP contribution in [0.2, 0.25) is 19.6 Å². The lowest BCUT2D eigenvalue weighted by Crippen LogP contribution is -2.54. The van der Waals surface area contributed by atoms with E-state index in [9.17, 15) is 24.3 Å². The Balaban J connectivity index is 0.000000312. The van der Waals surface area contributed by atoms with E-state index < -0.39 is 30.0 Å². The van der Waals surface area contributed by atoms with E-state index in [2.05, 4.69) is 51.7 Å². The molecule has 4 rings (SSSR count). The lowest BCUT2D eigenvalue weighted by atomic mass is 9.56. The Morgan fingerprint density at radius 3 is 1.75 bits per heavy atom. The van der Waals surface area contributed by atoms with Crippen LogP contribution < -0.4 is 0 Å². The predicted octanol–water partition coefficient (Wildman–Crippen LogP) is 9.57. The molecular formula is C39H67ClN2O8Si. The number of hydrogen-bond donors (Lipinski definition) is 1. The minimum atomic E-state index is -1.14. The van der Waals surface area contributed by atoms with Crippen LogP contribution in [0.5, 0.6) is 0 Å². The molecule has 1 N–H and O–H groups in total. The molecule has 0 aromatic carbocycles. The Kier molecular flexibility index (Phi) is 16.2. The number of aliphatic carboxylic acids is 1. The average Bonchev–Trinajstić information content (AvgIpc) is 2.99. The van der Waals surface area contributed by atoms with Gasteiger partial charge in [-0.15, -0.1) is 0 Å². The highest BCUT2D eigenvalue weighted by Crippen LogP contribution is 2.53. The normalized spacial score (nSPS) is 24.1. The van der Waals surface area contributed by atoms with Crippen LogP contribution in [0.4, 0.5) is 9.59 Å². The van der Waals surface area contributed by atoms with Crippen molar-refractivity contribution in [1.82, 2.24) is 9.80 Å². The third-order valence-corrected chi connectivity index (χ3v) is 9.60. The molecule has 10 nitrogen and oxygen atoms in total. The number of ether oxygens (including phenoxy) is 3. The van der Waals surface area contributed by atoms with E-state index in [0.717, 1.165) is 38.5 Å².